The average molecular weight is 308 g/mol. The molecular formula is C19H20N2O2. The van der Waals surface area contributed by atoms with Crippen LogP contribution in [0.4, 0.5) is 0 Å². The molecule has 0 amide bonds. The zero-order valence-corrected chi connectivity index (χ0v) is 13.8. The first kappa shape index (κ1) is 16.6. The SMILES string of the molecule is CC.COC(=O)c1ncc2nc(-c3ccccc3)ccc2c1C. The summed E-state index contributed by atoms with van der Waals surface area (Å²) in [6.45, 7) is 5.85. The largest absolute Gasteiger partial charge is 0.464 e. The van der Waals surface area contributed by atoms with Crippen molar-refractivity contribution in [3.8, 4) is 11.3 Å². The van der Waals surface area contributed by atoms with E-state index in [2.05, 4.69) is 9.97 Å². The van der Waals surface area contributed by atoms with E-state index in [9.17, 15) is 4.79 Å². The van der Waals surface area contributed by atoms with Gasteiger partial charge in [-0.2, -0.15) is 0 Å². The molecule has 0 aliphatic carbocycles. The fourth-order valence-corrected chi connectivity index (χ4v) is 2.31. The minimum Gasteiger partial charge on any atom is -0.464 e. The van der Waals surface area contributed by atoms with Crippen molar-refractivity contribution >= 4 is 16.9 Å². The molecule has 0 saturated carbocycles. The van der Waals surface area contributed by atoms with E-state index in [4.69, 9.17) is 4.74 Å². The Balaban J connectivity index is 0.000000924. The number of rotatable bonds is 2. The molecule has 118 valence electrons. The summed E-state index contributed by atoms with van der Waals surface area (Å²) in [4.78, 5) is 20.5. The van der Waals surface area contributed by atoms with Crippen LogP contribution in [-0.2, 0) is 4.74 Å². The van der Waals surface area contributed by atoms with E-state index in [0.29, 0.717) is 5.69 Å². The molecule has 0 unspecified atom stereocenters. The molecule has 1 aromatic carbocycles. The van der Waals surface area contributed by atoms with Crippen LogP contribution in [0.2, 0.25) is 0 Å². The van der Waals surface area contributed by atoms with Crippen molar-refractivity contribution in [3.05, 3.63) is 59.9 Å². The van der Waals surface area contributed by atoms with Gasteiger partial charge < -0.3 is 4.74 Å². The van der Waals surface area contributed by atoms with Gasteiger partial charge in [0.2, 0.25) is 0 Å². The van der Waals surface area contributed by atoms with Gasteiger partial charge in [0.15, 0.2) is 5.69 Å². The molecule has 2 aromatic heterocycles. The van der Waals surface area contributed by atoms with E-state index in [1.807, 2.05) is 63.2 Å². The number of aromatic nitrogens is 2. The van der Waals surface area contributed by atoms with Gasteiger partial charge in [-0.05, 0) is 18.6 Å². The number of methoxy groups -OCH3 is 1. The third kappa shape index (κ3) is 3.37. The number of ether oxygens (including phenoxy) is 1. The molecule has 0 aliphatic rings. The van der Waals surface area contributed by atoms with Crippen LogP contribution in [0.1, 0.15) is 29.9 Å². The molecule has 23 heavy (non-hydrogen) atoms. The number of hydrogen-bond acceptors (Lipinski definition) is 4. The van der Waals surface area contributed by atoms with Crippen LogP contribution >= 0.6 is 0 Å². The predicted molar refractivity (Wildman–Crippen MR) is 92.4 cm³/mol. The molecule has 3 aromatic rings. The normalized spacial score (nSPS) is 9.91. The Labute approximate surface area is 136 Å². The summed E-state index contributed by atoms with van der Waals surface area (Å²) in [6.07, 6.45) is 1.61. The number of hydrogen-bond donors (Lipinski definition) is 0. The second-order valence-corrected chi connectivity index (χ2v) is 4.72. The van der Waals surface area contributed by atoms with Gasteiger partial charge >= 0.3 is 5.97 Å². The van der Waals surface area contributed by atoms with E-state index < -0.39 is 5.97 Å². The van der Waals surface area contributed by atoms with Crippen LogP contribution in [-0.4, -0.2) is 23.0 Å². The first-order chi connectivity index (χ1) is 11.2. The maximum Gasteiger partial charge on any atom is 0.356 e. The Morgan fingerprint density at radius 3 is 2.39 bits per heavy atom. The van der Waals surface area contributed by atoms with Gasteiger partial charge in [0.05, 0.1) is 24.5 Å². The molecule has 0 atom stereocenters. The highest BCUT2D eigenvalue weighted by molar-refractivity contribution is 5.95. The first-order valence-corrected chi connectivity index (χ1v) is 7.61. The zero-order valence-electron chi connectivity index (χ0n) is 13.8. The highest BCUT2D eigenvalue weighted by Gasteiger charge is 2.14. The second-order valence-electron chi connectivity index (χ2n) is 4.72. The summed E-state index contributed by atoms with van der Waals surface area (Å²) >= 11 is 0. The van der Waals surface area contributed by atoms with Gasteiger partial charge in [-0.25, -0.2) is 14.8 Å². The van der Waals surface area contributed by atoms with Crippen molar-refractivity contribution < 1.29 is 9.53 Å². The molecule has 4 heteroatoms. The Bertz CT molecular complexity index is 814. The Kier molecular flexibility index (Phi) is 5.41. The number of carbonyl (C=O) groups is 1. The number of carbonyl (C=O) groups excluding carboxylic acids is 1. The first-order valence-electron chi connectivity index (χ1n) is 7.61. The Morgan fingerprint density at radius 1 is 1.04 bits per heavy atom. The van der Waals surface area contributed by atoms with Gasteiger partial charge in [-0.15, -0.1) is 0 Å². The molecule has 3 rings (SSSR count). The maximum atomic E-state index is 11.7. The third-order valence-corrected chi connectivity index (χ3v) is 3.45. The predicted octanol–water partition coefficient (Wildman–Crippen LogP) is 4.42. The summed E-state index contributed by atoms with van der Waals surface area (Å²) < 4.78 is 4.74. The van der Waals surface area contributed by atoms with E-state index in [1.54, 1.807) is 6.20 Å². The number of pyridine rings is 2. The lowest BCUT2D eigenvalue weighted by Crippen LogP contribution is -2.07. The molecule has 0 radical (unpaired) electrons. The lowest BCUT2D eigenvalue weighted by molar-refractivity contribution is 0.0593. The molecule has 0 aliphatic heterocycles. The molecule has 0 spiro atoms. The van der Waals surface area contributed by atoms with Crippen LogP contribution in [0.5, 0.6) is 0 Å². The number of nitrogens with zero attached hydrogens (tertiary/aromatic N) is 2. The van der Waals surface area contributed by atoms with Crippen LogP contribution in [0.25, 0.3) is 22.2 Å². The molecular weight excluding hydrogens is 288 g/mol. The number of aryl methyl sites for hydroxylation is 1. The van der Waals surface area contributed by atoms with Crippen molar-refractivity contribution in [1.29, 1.82) is 0 Å². The van der Waals surface area contributed by atoms with Gasteiger partial charge in [-0.3, -0.25) is 0 Å². The minimum absolute atomic E-state index is 0.333. The summed E-state index contributed by atoms with van der Waals surface area (Å²) in [7, 11) is 1.35. The van der Waals surface area contributed by atoms with E-state index in [-0.39, 0.29) is 0 Å². The van der Waals surface area contributed by atoms with Crippen LogP contribution in [0.3, 0.4) is 0 Å². The van der Waals surface area contributed by atoms with Crippen molar-refractivity contribution in [2.75, 3.05) is 7.11 Å². The van der Waals surface area contributed by atoms with Crippen LogP contribution in [0.15, 0.2) is 48.7 Å². The highest BCUT2D eigenvalue weighted by Crippen LogP contribution is 2.23. The Morgan fingerprint density at radius 2 is 1.74 bits per heavy atom. The van der Waals surface area contributed by atoms with Crippen molar-refractivity contribution in [2.24, 2.45) is 0 Å². The monoisotopic (exact) mass is 308 g/mol. The van der Waals surface area contributed by atoms with E-state index >= 15 is 0 Å². The lowest BCUT2D eigenvalue weighted by atomic mass is 10.1. The molecule has 0 bridgehead atoms. The molecule has 4 nitrogen and oxygen atoms in total. The fraction of sp³-hybridized carbons (Fsp3) is 0.211. The number of benzene rings is 1. The summed E-state index contributed by atoms with van der Waals surface area (Å²) in [5.41, 5.74) is 3.82. The van der Waals surface area contributed by atoms with Crippen LogP contribution < -0.4 is 0 Å². The Hall–Kier alpha value is -2.75. The minimum atomic E-state index is -0.429. The van der Waals surface area contributed by atoms with Gasteiger partial charge in [0, 0.05) is 10.9 Å². The van der Waals surface area contributed by atoms with Gasteiger partial charge in [0.1, 0.15) is 0 Å². The second kappa shape index (κ2) is 7.49. The molecule has 2 heterocycles. The van der Waals surface area contributed by atoms with Crippen molar-refractivity contribution in [1.82, 2.24) is 9.97 Å². The topological polar surface area (TPSA) is 52.1 Å². The molecule has 0 fully saturated rings. The van der Waals surface area contributed by atoms with Gasteiger partial charge in [0.25, 0.3) is 0 Å². The van der Waals surface area contributed by atoms with E-state index in [0.717, 1.165) is 27.7 Å². The number of esters is 1. The molecule has 0 N–H and O–H groups in total. The highest BCUT2D eigenvalue weighted by atomic mass is 16.5. The van der Waals surface area contributed by atoms with Crippen LogP contribution in [0, 0.1) is 6.92 Å². The van der Waals surface area contributed by atoms with Crippen molar-refractivity contribution in [3.63, 3.8) is 0 Å². The standard InChI is InChI=1S/C17H14N2O2.C2H6/c1-11-13-8-9-14(12-6-4-3-5-7-12)19-15(13)10-18-16(11)17(20)21-2;1-2/h3-10H,1-2H3;1-2H3. The smallest absolute Gasteiger partial charge is 0.356 e. The number of fused-ring (bicyclic) bond motifs is 1. The fourth-order valence-electron chi connectivity index (χ4n) is 2.31. The molecule has 0 saturated heterocycles. The lowest BCUT2D eigenvalue weighted by Gasteiger charge is -2.08. The maximum absolute atomic E-state index is 11.7. The van der Waals surface area contributed by atoms with Crippen molar-refractivity contribution in [2.45, 2.75) is 20.8 Å². The average Bonchev–Trinajstić information content (AvgIpc) is 2.63. The summed E-state index contributed by atoms with van der Waals surface area (Å²) in [6, 6.07) is 13.9. The summed E-state index contributed by atoms with van der Waals surface area (Å²) in [5, 5.41) is 0.907. The summed E-state index contributed by atoms with van der Waals surface area (Å²) in [5.74, 6) is -0.429. The van der Waals surface area contributed by atoms with Gasteiger partial charge in [-0.1, -0.05) is 50.2 Å². The zero-order chi connectivity index (χ0) is 16.8. The van der Waals surface area contributed by atoms with E-state index in [1.165, 1.54) is 7.11 Å². The quantitative estimate of drug-likeness (QED) is 0.658. The third-order valence-electron chi connectivity index (χ3n) is 3.45.